The highest BCUT2D eigenvalue weighted by Gasteiger charge is 2.23. The van der Waals surface area contributed by atoms with Crippen molar-refractivity contribution in [2.75, 3.05) is 6.61 Å². The molecule has 0 aliphatic carbocycles. The van der Waals surface area contributed by atoms with Crippen LogP contribution in [0.25, 0.3) is 0 Å². The molecule has 6 nitrogen and oxygen atoms in total. The van der Waals surface area contributed by atoms with Crippen molar-refractivity contribution >= 4 is 5.97 Å². The zero-order chi connectivity index (χ0) is 14.6. The largest absolute Gasteiger partial charge is 0.504 e. The van der Waals surface area contributed by atoms with E-state index in [0.29, 0.717) is 6.42 Å². The highest BCUT2D eigenvalue weighted by Crippen LogP contribution is 2.40. The number of benzene rings is 1. The van der Waals surface area contributed by atoms with Crippen molar-refractivity contribution in [3.05, 3.63) is 17.2 Å². The second-order valence-corrected chi connectivity index (χ2v) is 4.31. The Morgan fingerprint density at radius 2 is 1.95 bits per heavy atom. The summed E-state index contributed by atoms with van der Waals surface area (Å²) in [6.45, 7) is 3.51. The van der Waals surface area contributed by atoms with Crippen molar-refractivity contribution in [1.29, 1.82) is 0 Å². The number of aliphatic hydroxyl groups is 1. The lowest BCUT2D eigenvalue weighted by molar-refractivity contribution is 0.0502. The van der Waals surface area contributed by atoms with Crippen molar-refractivity contribution in [1.82, 2.24) is 0 Å². The standard InChI is InChI=1S/C13H18O6/c1-3-4-19-13(18)9-6-10(15)12(17)11(16)8(9)5-7(2)14/h6-7,14-17H,3-5H2,1-2H3. The third kappa shape index (κ3) is 3.51. The van der Waals surface area contributed by atoms with E-state index in [1.165, 1.54) is 6.92 Å². The second kappa shape index (κ2) is 6.29. The fourth-order valence-corrected chi connectivity index (χ4v) is 1.64. The van der Waals surface area contributed by atoms with Gasteiger partial charge in [-0.25, -0.2) is 4.79 Å². The first-order valence-electron chi connectivity index (χ1n) is 6.00. The molecule has 4 N–H and O–H groups in total. The third-order valence-corrected chi connectivity index (χ3v) is 2.52. The molecule has 0 amide bonds. The van der Waals surface area contributed by atoms with Gasteiger partial charge in [0.1, 0.15) is 0 Å². The van der Waals surface area contributed by atoms with E-state index in [-0.39, 0.29) is 24.2 Å². The molecule has 1 aromatic carbocycles. The van der Waals surface area contributed by atoms with Crippen LogP contribution in [-0.2, 0) is 11.2 Å². The van der Waals surface area contributed by atoms with E-state index in [1.54, 1.807) is 0 Å². The van der Waals surface area contributed by atoms with Crippen molar-refractivity contribution in [2.24, 2.45) is 0 Å². The molecule has 106 valence electrons. The Bertz CT molecular complexity index is 467. The molecule has 0 aliphatic heterocycles. The van der Waals surface area contributed by atoms with Crippen LogP contribution in [0.15, 0.2) is 6.07 Å². The molecule has 0 fully saturated rings. The molecule has 19 heavy (non-hydrogen) atoms. The molecule has 1 unspecified atom stereocenters. The van der Waals surface area contributed by atoms with Crippen molar-refractivity contribution < 1.29 is 30.0 Å². The lowest BCUT2D eigenvalue weighted by atomic mass is 9.99. The lowest BCUT2D eigenvalue weighted by Gasteiger charge is -2.14. The molecule has 0 spiro atoms. The quantitative estimate of drug-likeness (QED) is 0.474. The Kier molecular flexibility index (Phi) is 5.00. The van der Waals surface area contributed by atoms with Gasteiger partial charge >= 0.3 is 5.97 Å². The van der Waals surface area contributed by atoms with Gasteiger partial charge in [-0.05, 0) is 19.4 Å². The second-order valence-electron chi connectivity index (χ2n) is 4.31. The number of phenolic OH excluding ortho intramolecular Hbond substituents is 3. The lowest BCUT2D eigenvalue weighted by Crippen LogP contribution is -2.13. The predicted octanol–water partition coefficient (Wildman–Crippen LogP) is 1.29. The van der Waals surface area contributed by atoms with E-state index in [4.69, 9.17) is 4.74 Å². The highest BCUT2D eigenvalue weighted by molar-refractivity contribution is 5.93. The van der Waals surface area contributed by atoms with Crippen LogP contribution in [0.4, 0.5) is 0 Å². The maximum absolute atomic E-state index is 11.8. The van der Waals surface area contributed by atoms with Crippen LogP contribution >= 0.6 is 0 Å². The SMILES string of the molecule is CCCOC(=O)c1cc(O)c(O)c(O)c1CC(C)O. The molecule has 1 aromatic rings. The fourth-order valence-electron chi connectivity index (χ4n) is 1.64. The summed E-state index contributed by atoms with van der Waals surface area (Å²) < 4.78 is 4.92. The van der Waals surface area contributed by atoms with Crippen molar-refractivity contribution in [3.8, 4) is 17.2 Å². The maximum Gasteiger partial charge on any atom is 0.338 e. The molecule has 0 aromatic heterocycles. The molecule has 0 saturated carbocycles. The maximum atomic E-state index is 11.8. The minimum absolute atomic E-state index is 0.0454. The van der Waals surface area contributed by atoms with Crippen molar-refractivity contribution in [3.63, 3.8) is 0 Å². The number of aliphatic hydroxyl groups excluding tert-OH is 1. The number of phenols is 3. The summed E-state index contributed by atoms with van der Waals surface area (Å²) in [4.78, 5) is 11.8. The van der Waals surface area contributed by atoms with Crippen LogP contribution in [0.2, 0.25) is 0 Å². The number of carbonyl (C=O) groups excluding carboxylic acids is 1. The van der Waals surface area contributed by atoms with E-state index in [2.05, 4.69) is 0 Å². The Morgan fingerprint density at radius 1 is 1.32 bits per heavy atom. The zero-order valence-corrected chi connectivity index (χ0v) is 10.9. The molecular formula is C13H18O6. The topological polar surface area (TPSA) is 107 Å². The van der Waals surface area contributed by atoms with Crippen LogP contribution in [0.5, 0.6) is 17.2 Å². The molecule has 0 radical (unpaired) electrons. The Balaban J connectivity index is 3.24. The number of carbonyl (C=O) groups is 1. The molecule has 1 rings (SSSR count). The number of rotatable bonds is 5. The van der Waals surface area contributed by atoms with Gasteiger partial charge in [0.15, 0.2) is 11.5 Å². The van der Waals surface area contributed by atoms with Gasteiger partial charge in [-0.15, -0.1) is 0 Å². The van der Waals surface area contributed by atoms with Crippen LogP contribution in [0.1, 0.15) is 36.2 Å². The predicted molar refractivity (Wildman–Crippen MR) is 67.4 cm³/mol. The third-order valence-electron chi connectivity index (χ3n) is 2.52. The zero-order valence-electron chi connectivity index (χ0n) is 10.9. The first-order valence-corrected chi connectivity index (χ1v) is 6.00. The Hall–Kier alpha value is -1.95. The number of ether oxygens (including phenoxy) is 1. The summed E-state index contributed by atoms with van der Waals surface area (Å²) >= 11 is 0. The highest BCUT2D eigenvalue weighted by atomic mass is 16.5. The monoisotopic (exact) mass is 270 g/mol. The Morgan fingerprint density at radius 3 is 2.47 bits per heavy atom. The summed E-state index contributed by atoms with van der Waals surface area (Å²) in [6.07, 6.45) is -0.239. The number of hydrogen-bond donors (Lipinski definition) is 4. The normalized spacial score (nSPS) is 12.2. The van der Waals surface area contributed by atoms with E-state index < -0.39 is 29.3 Å². The van der Waals surface area contributed by atoms with E-state index >= 15 is 0 Å². The molecule has 0 aliphatic rings. The van der Waals surface area contributed by atoms with Crippen LogP contribution in [-0.4, -0.2) is 39.1 Å². The first-order chi connectivity index (χ1) is 8.88. The van der Waals surface area contributed by atoms with E-state index in [9.17, 15) is 25.2 Å². The summed E-state index contributed by atoms with van der Waals surface area (Å²) in [5, 5.41) is 38.0. The molecule has 6 heteroatoms. The minimum Gasteiger partial charge on any atom is -0.504 e. The molecule has 0 saturated heterocycles. The van der Waals surface area contributed by atoms with Crippen LogP contribution in [0.3, 0.4) is 0 Å². The summed E-state index contributed by atoms with van der Waals surface area (Å²) in [6, 6.07) is 1.02. The summed E-state index contributed by atoms with van der Waals surface area (Å²) in [5.74, 6) is -2.68. The van der Waals surface area contributed by atoms with Crippen LogP contribution in [0, 0.1) is 0 Å². The van der Waals surface area contributed by atoms with Crippen molar-refractivity contribution in [2.45, 2.75) is 32.8 Å². The molecule has 0 heterocycles. The van der Waals surface area contributed by atoms with Gasteiger partial charge in [0, 0.05) is 12.0 Å². The average molecular weight is 270 g/mol. The first kappa shape index (κ1) is 15.1. The van der Waals surface area contributed by atoms with Gasteiger partial charge in [-0.1, -0.05) is 6.92 Å². The van der Waals surface area contributed by atoms with Crippen LogP contribution < -0.4 is 0 Å². The van der Waals surface area contributed by atoms with Gasteiger partial charge in [0.05, 0.1) is 18.3 Å². The number of hydrogen-bond acceptors (Lipinski definition) is 6. The molecular weight excluding hydrogens is 252 g/mol. The number of aromatic hydroxyl groups is 3. The fraction of sp³-hybridized carbons (Fsp3) is 0.462. The van der Waals surface area contributed by atoms with Gasteiger partial charge in [0.2, 0.25) is 5.75 Å². The minimum atomic E-state index is -0.826. The van der Waals surface area contributed by atoms with Gasteiger partial charge < -0.3 is 25.2 Å². The van der Waals surface area contributed by atoms with Gasteiger partial charge in [-0.3, -0.25) is 0 Å². The van der Waals surface area contributed by atoms with Gasteiger partial charge in [-0.2, -0.15) is 0 Å². The molecule has 0 bridgehead atoms. The average Bonchev–Trinajstić information content (AvgIpc) is 2.36. The Labute approximate surface area is 110 Å². The van der Waals surface area contributed by atoms with E-state index in [1.807, 2.05) is 6.92 Å². The van der Waals surface area contributed by atoms with E-state index in [0.717, 1.165) is 6.07 Å². The van der Waals surface area contributed by atoms with Gasteiger partial charge in [0.25, 0.3) is 0 Å². The summed E-state index contributed by atoms with van der Waals surface area (Å²) in [5.41, 5.74) is -0.0199. The summed E-state index contributed by atoms with van der Waals surface area (Å²) in [7, 11) is 0. The molecule has 1 atom stereocenters. The smallest absolute Gasteiger partial charge is 0.338 e. The number of esters is 1.